The minimum Gasteiger partial charge on any atom is -0.466 e. The van der Waals surface area contributed by atoms with Gasteiger partial charge >= 0.3 is 12.6 Å². The number of pyridine rings is 1. The van der Waals surface area contributed by atoms with Gasteiger partial charge in [0.1, 0.15) is 23.3 Å². The number of rotatable bonds is 7. The largest absolute Gasteiger partial charge is 0.466 e. The van der Waals surface area contributed by atoms with Gasteiger partial charge in [-0.05, 0) is 32.8 Å². The van der Waals surface area contributed by atoms with Crippen molar-refractivity contribution in [1.82, 2.24) is 19.4 Å². The van der Waals surface area contributed by atoms with E-state index in [0.717, 1.165) is 0 Å². The fourth-order valence-corrected chi connectivity index (χ4v) is 5.63. The van der Waals surface area contributed by atoms with Crippen molar-refractivity contribution in [3.05, 3.63) is 71.7 Å². The first-order valence-corrected chi connectivity index (χ1v) is 13.9. The Kier molecular flexibility index (Phi) is 7.48. The Morgan fingerprint density at radius 2 is 1.93 bits per heavy atom. The molecule has 3 aromatic heterocycles. The summed E-state index contributed by atoms with van der Waals surface area (Å²) in [4.78, 5) is 28.0. The number of carbonyl (C=O) groups excluding carboxylic acids is 1. The van der Waals surface area contributed by atoms with Crippen LogP contribution in [0.15, 0.2) is 48.9 Å². The summed E-state index contributed by atoms with van der Waals surface area (Å²) in [5.41, 5.74) is 2.30. The van der Waals surface area contributed by atoms with Crippen LogP contribution >= 0.6 is 0 Å². The lowest BCUT2D eigenvalue weighted by atomic mass is 9.80. The third-order valence-electron chi connectivity index (χ3n) is 7.98. The van der Waals surface area contributed by atoms with E-state index in [1.165, 1.54) is 12.1 Å². The number of alkyl halides is 2. The lowest BCUT2D eigenvalue weighted by Gasteiger charge is -2.37. The Hall–Kier alpha value is -4.19. The monoisotopic (exact) mass is 581 g/mol. The second kappa shape index (κ2) is 11.2. The number of esters is 1. The Labute approximate surface area is 240 Å². The molecule has 2 aliphatic heterocycles. The van der Waals surface area contributed by atoms with Crippen molar-refractivity contribution in [2.24, 2.45) is 5.41 Å². The second-order valence-electron chi connectivity index (χ2n) is 10.7. The van der Waals surface area contributed by atoms with Crippen molar-refractivity contribution in [2.75, 3.05) is 31.2 Å². The summed E-state index contributed by atoms with van der Waals surface area (Å²) in [7, 11) is 0. The molecule has 1 unspecified atom stereocenters. The molecule has 0 N–H and O–H groups in total. The Morgan fingerprint density at radius 1 is 1.19 bits per heavy atom. The van der Waals surface area contributed by atoms with Gasteiger partial charge in [-0.2, -0.15) is 8.78 Å². The number of anilines is 1. The van der Waals surface area contributed by atoms with Crippen LogP contribution < -0.4 is 9.64 Å². The van der Waals surface area contributed by atoms with Crippen molar-refractivity contribution >= 4 is 17.6 Å². The summed E-state index contributed by atoms with van der Waals surface area (Å²) < 4.78 is 59.4. The van der Waals surface area contributed by atoms with Crippen molar-refractivity contribution in [1.29, 1.82) is 0 Å². The highest BCUT2D eigenvalue weighted by Crippen LogP contribution is 2.39. The first kappa shape index (κ1) is 28.0. The van der Waals surface area contributed by atoms with E-state index in [0.29, 0.717) is 79.7 Å². The molecule has 0 bridgehead atoms. The molecule has 6 rings (SSSR count). The van der Waals surface area contributed by atoms with Crippen molar-refractivity contribution in [2.45, 2.75) is 45.8 Å². The summed E-state index contributed by atoms with van der Waals surface area (Å²) in [6.45, 7) is 2.58. The van der Waals surface area contributed by atoms with Gasteiger partial charge in [0, 0.05) is 60.9 Å². The highest BCUT2D eigenvalue weighted by Gasteiger charge is 2.39. The topological polar surface area (TPSA) is 91.1 Å². The van der Waals surface area contributed by atoms with E-state index in [-0.39, 0.29) is 17.3 Å². The van der Waals surface area contributed by atoms with Crippen LogP contribution in [0, 0.1) is 11.2 Å². The number of hydrogen-bond donors (Lipinski definition) is 0. The third kappa shape index (κ3) is 5.15. The van der Waals surface area contributed by atoms with Gasteiger partial charge in [0.15, 0.2) is 0 Å². The Bertz CT molecular complexity index is 1600. The zero-order valence-corrected chi connectivity index (χ0v) is 23.2. The van der Waals surface area contributed by atoms with E-state index in [2.05, 4.69) is 15.0 Å². The fraction of sp³-hybridized carbons (Fsp3) is 0.400. The van der Waals surface area contributed by atoms with Gasteiger partial charge in [-0.25, -0.2) is 19.3 Å². The smallest absolute Gasteiger partial charge is 0.387 e. The number of fused-ring (bicyclic) bond motifs is 3. The normalized spacial score (nSPS) is 18.2. The molecule has 9 nitrogen and oxygen atoms in total. The first-order valence-electron chi connectivity index (χ1n) is 13.9. The predicted octanol–water partition coefficient (Wildman–Crippen LogP) is 5.36. The van der Waals surface area contributed by atoms with E-state index in [4.69, 9.17) is 14.2 Å². The zero-order chi connectivity index (χ0) is 29.4. The molecular weight excluding hydrogens is 551 g/mol. The van der Waals surface area contributed by atoms with Crippen LogP contribution in [0.2, 0.25) is 0 Å². The molecule has 0 spiro atoms. The highest BCUT2D eigenvalue weighted by molar-refractivity contribution is 5.76. The van der Waals surface area contributed by atoms with Crippen LogP contribution in [0.5, 0.6) is 5.75 Å². The van der Waals surface area contributed by atoms with E-state index >= 15 is 4.39 Å². The van der Waals surface area contributed by atoms with Gasteiger partial charge in [-0.15, -0.1) is 0 Å². The van der Waals surface area contributed by atoms with Gasteiger partial charge in [0.25, 0.3) is 0 Å². The van der Waals surface area contributed by atoms with Crippen molar-refractivity contribution < 1.29 is 32.2 Å². The third-order valence-corrected chi connectivity index (χ3v) is 7.98. The minimum atomic E-state index is -2.99. The standard InChI is InChI=1S/C30H30F3N5O4/c1-3-40-27(39)30(2)9-11-37(12-10-30)29-34-15-18(16-35-29)20-17-38-24(14-21(20)31)36-22-8-13-41-26(25(22)38)19-6-4-5-7-23(19)42-28(32)33/h4-7,14-17,26,28H,3,8-13H2,1-2H3. The number of aromatic nitrogens is 4. The Morgan fingerprint density at radius 3 is 2.64 bits per heavy atom. The molecule has 0 saturated carbocycles. The highest BCUT2D eigenvalue weighted by atomic mass is 19.3. The van der Waals surface area contributed by atoms with Crippen LogP contribution in [-0.2, 0) is 20.7 Å². The van der Waals surface area contributed by atoms with Crippen molar-refractivity contribution in [3.63, 3.8) is 0 Å². The van der Waals surface area contributed by atoms with E-state index in [1.807, 2.05) is 11.8 Å². The predicted molar refractivity (Wildman–Crippen MR) is 147 cm³/mol. The minimum absolute atomic E-state index is 0.00640. The fourth-order valence-electron chi connectivity index (χ4n) is 5.63. The number of nitrogens with zero attached hydrogens (tertiary/aromatic N) is 5. The lowest BCUT2D eigenvalue weighted by Crippen LogP contribution is -2.44. The molecule has 1 aromatic carbocycles. The van der Waals surface area contributed by atoms with Crippen LogP contribution in [-0.4, -0.2) is 58.2 Å². The maximum absolute atomic E-state index is 15.4. The molecule has 2 aliphatic rings. The summed E-state index contributed by atoms with van der Waals surface area (Å²) in [5.74, 6) is -0.184. The van der Waals surface area contributed by atoms with E-state index in [9.17, 15) is 13.6 Å². The number of piperidine rings is 1. The Balaban J connectivity index is 1.29. The molecule has 0 radical (unpaired) electrons. The molecular formula is C30H30F3N5O4. The van der Waals surface area contributed by atoms with E-state index in [1.54, 1.807) is 48.1 Å². The van der Waals surface area contributed by atoms with Gasteiger partial charge in [-0.3, -0.25) is 9.20 Å². The van der Waals surface area contributed by atoms with Gasteiger partial charge in [-0.1, -0.05) is 18.2 Å². The average molecular weight is 582 g/mol. The summed E-state index contributed by atoms with van der Waals surface area (Å²) in [5, 5.41) is 0. The van der Waals surface area contributed by atoms with E-state index < -0.39 is 23.9 Å². The van der Waals surface area contributed by atoms with Gasteiger partial charge in [0.2, 0.25) is 5.95 Å². The molecule has 1 saturated heterocycles. The summed E-state index contributed by atoms with van der Waals surface area (Å²) >= 11 is 0. The van der Waals surface area contributed by atoms with Crippen molar-refractivity contribution in [3.8, 4) is 16.9 Å². The number of hydrogen-bond acceptors (Lipinski definition) is 8. The van der Waals surface area contributed by atoms with Crippen LogP contribution in [0.1, 0.15) is 49.7 Å². The molecule has 0 amide bonds. The lowest BCUT2D eigenvalue weighted by molar-refractivity contribution is -0.155. The maximum Gasteiger partial charge on any atom is 0.387 e. The molecule has 1 fully saturated rings. The molecule has 0 aliphatic carbocycles. The molecule has 5 heterocycles. The zero-order valence-electron chi connectivity index (χ0n) is 23.2. The molecule has 42 heavy (non-hydrogen) atoms. The van der Waals surface area contributed by atoms with Crippen LogP contribution in [0.3, 0.4) is 0 Å². The average Bonchev–Trinajstić information content (AvgIpc) is 3.35. The number of benzene rings is 1. The maximum atomic E-state index is 15.4. The SMILES string of the molecule is CCOC(=O)C1(C)CCN(c2ncc(-c3cn4c5c(nc4cc3F)CCOC5c3ccccc3OC(F)F)cn2)CC1. The first-order chi connectivity index (χ1) is 20.3. The number of carbonyl (C=O) groups is 1. The molecule has 4 aromatic rings. The molecule has 1 atom stereocenters. The number of para-hydroxylation sites is 1. The van der Waals surface area contributed by atoms with Crippen LogP contribution in [0.25, 0.3) is 16.8 Å². The number of ether oxygens (including phenoxy) is 3. The molecule has 12 heteroatoms. The quantitative estimate of drug-likeness (QED) is 0.270. The molecule has 220 valence electrons. The number of imidazole rings is 1. The number of halogens is 3. The summed E-state index contributed by atoms with van der Waals surface area (Å²) in [6.07, 6.45) is 5.72. The van der Waals surface area contributed by atoms with Gasteiger partial charge in [0.05, 0.1) is 30.0 Å². The second-order valence-corrected chi connectivity index (χ2v) is 10.7. The summed E-state index contributed by atoms with van der Waals surface area (Å²) in [6, 6.07) is 7.80. The van der Waals surface area contributed by atoms with Crippen LogP contribution in [0.4, 0.5) is 19.1 Å². The van der Waals surface area contributed by atoms with Gasteiger partial charge < -0.3 is 19.1 Å².